The number of aromatic hydroxyl groups is 1. The van der Waals surface area contributed by atoms with Crippen LogP contribution in [-0.2, 0) is 4.74 Å². The van der Waals surface area contributed by atoms with Gasteiger partial charge in [-0.3, -0.25) is 0 Å². The monoisotopic (exact) mass is 252 g/mol. The summed E-state index contributed by atoms with van der Waals surface area (Å²) in [5.74, 6) is 0.255. The van der Waals surface area contributed by atoms with Crippen molar-refractivity contribution in [2.75, 3.05) is 25.2 Å². The summed E-state index contributed by atoms with van der Waals surface area (Å²) in [5.41, 5.74) is 7.55. The number of benzene rings is 1. The minimum Gasteiger partial charge on any atom is -0.508 e. The number of phenolic OH excluding ortho intramolecular Hbond substituents is 1. The van der Waals surface area contributed by atoms with Crippen molar-refractivity contribution in [1.29, 1.82) is 0 Å². The van der Waals surface area contributed by atoms with E-state index in [1.54, 1.807) is 13.2 Å². The lowest BCUT2D eigenvalue weighted by molar-refractivity contribution is 0.204. The number of nitrogens with zero attached hydrogens (tertiary/aromatic N) is 1. The SMILES string of the molecule is COCCN(c1ccc(C(C)N)c(O)c1)C(C)C. The van der Waals surface area contributed by atoms with Crippen molar-refractivity contribution >= 4 is 5.69 Å². The predicted octanol–water partition coefficient (Wildman–Crippen LogP) is 2.27. The first-order chi connectivity index (χ1) is 8.47. The average molecular weight is 252 g/mol. The van der Waals surface area contributed by atoms with Crippen molar-refractivity contribution < 1.29 is 9.84 Å². The molecule has 1 rings (SSSR count). The van der Waals surface area contributed by atoms with E-state index in [1.165, 1.54) is 0 Å². The van der Waals surface area contributed by atoms with Gasteiger partial charge in [0, 0.05) is 43.1 Å². The number of methoxy groups -OCH3 is 1. The summed E-state index contributed by atoms with van der Waals surface area (Å²) in [7, 11) is 1.69. The molecule has 0 aliphatic heterocycles. The fraction of sp³-hybridized carbons (Fsp3) is 0.571. The van der Waals surface area contributed by atoms with Crippen LogP contribution in [0, 0.1) is 0 Å². The van der Waals surface area contributed by atoms with Crippen molar-refractivity contribution in [2.24, 2.45) is 5.73 Å². The number of nitrogens with two attached hydrogens (primary N) is 1. The van der Waals surface area contributed by atoms with Gasteiger partial charge in [-0.25, -0.2) is 0 Å². The lowest BCUT2D eigenvalue weighted by Gasteiger charge is -2.29. The summed E-state index contributed by atoms with van der Waals surface area (Å²) in [4.78, 5) is 2.19. The minimum atomic E-state index is -0.162. The van der Waals surface area contributed by atoms with E-state index in [2.05, 4.69) is 18.7 Å². The van der Waals surface area contributed by atoms with Gasteiger partial charge in [0.05, 0.1) is 6.61 Å². The number of phenols is 1. The molecule has 18 heavy (non-hydrogen) atoms. The maximum Gasteiger partial charge on any atom is 0.122 e. The Balaban J connectivity index is 2.95. The summed E-state index contributed by atoms with van der Waals surface area (Å²) in [5, 5.41) is 9.98. The zero-order valence-corrected chi connectivity index (χ0v) is 11.7. The largest absolute Gasteiger partial charge is 0.508 e. The van der Waals surface area contributed by atoms with Crippen LogP contribution in [0.3, 0.4) is 0 Å². The Morgan fingerprint density at radius 2 is 2.00 bits per heavy atom. The third-order valence-electron chi connectivity index (χ3n) is 3.00. The van der Waals surface area contributed by atoms with E-state index >= 15 is 0 Å². The maximum absolute atomic E-state index is 9.98. The summed E-state index contributed by atoms with van der Waals surface area (Å²) in [6, 6.07) is 5.84. The van der Waals surface area contributed by atoms with Gasteiger partial charge in [0.25, 0.3) is 0 Å². The van der Waals surface area contributed by atoms with E-state index < -0.39 is 0 Å². The standard InChI is InChI=1S/C14H24N2O2/c1-10(2)16(7-8-18-4)12-5-6-13(11(3)15)14(17)9-12/h5-6,9-11,17H,7-8,15H2,1-4H3. The summed E-state index contributed by atoms with van der Waals surface area (Å²) in [6.45, 7) is 7.55. The Morgan fingerprint density at radius 1 is 1.33 bits per heavy atom. The van der Waals surface area contributed by atoms with Crippen LogP contribution in [0.4, 0.5) is 5.69 Å². The zero-order chi connectivity index (χ0) is 13.7. The summed E-state index contributed by atoms with van der Waals surface area (Å²) in [6.07, 6.45) is 0. The molecule has 0 aliphatic carbocycles. The summed E-state index contributed by atoms with van der Waals surface area (Å²) < 4.78 is 5.11. The quantitative estimate of drug-likeness (QED) is 0.815. The van der Waals surface area contributed by atoms with Gasteiger partial charge >= 0.3 is 0 Å². The molecular formula is C14H24N2O2. The molecule has 4 heteroatoms. The molecule has 1 aromatic carbocycles. The van der Waals surface area contributed by atoms with Gasteiger partial charge in [-0.15, -0.1) is 0 Å². The fourth-order valence-electron chi connectivity index (χ4n) is 1.97. The Kier molecular flexibility index (Phi) is 5.44. The van der Waals surface area contributed by atoms with Crippen LogP contribution in [0.1, 0.15) is 32.4 Å². The molecule has 1 unspecified atom stereocenters. The van der Waals surface area contributed by atoms with Gasteiger partial charge in [-0.2, -0.15) is 0 Å². The highest BCUT2D eigenvalue weighted by Crippen LogP contribution is 2.28. The van der Waals surface area contributed by atoms with Crippen molar-refractivity contribution in [3.63, 3.8) is 0 Å². The second-order valence-corrected chi connectivity index (χ2v) is 4.81. The van der Waals surface area contributed by atoms with Crippen LogP contribution in [0.5, 0.6) is 5.75 Å². The lowest BCUT2D eigenvalue weighted by atomic mass is 10.1. The van der Waals surface area contributed by atoms with Crippen LogP contribution in [0.2, 0.25) is 0 Å². The lowest BCUT2D eigenvalue weighted by Crippen LogP contribution is -2.33. The van der Waals surface area contributed by atoms with Gasteiger partial charge in [-0.1, -0.05) is 6.07 Å². The van der Waals surface area contributed by atoms with Crippen LogP contribution in [0.25, 0.3) is 0 Å². The minimum absolute atomic E-state index is 0.162. The van der Waals surface area contributed by atoms with Crippen LogP contribution >= 0.6 is 0 Å². The van der Waals surface area contributed by atoms with Crippen molar-refractivity contribution in [2.45, 2.75) is 32.9 Å². The number of hydrogen-bond acceptors (Lipinski definition) is 4. The van der Waals surface area contributed by atoms with Gasteiger partial charge < -0.3 is 20.5 Å². The molecule has 102 valence electrons. The van der Waals surface area contributed by atoms with Gasteiger partial charge in [0.1, 0.15) is 5.75 Å². The fourth-order valence-corrected chi connectivity index (χ4v) is 1.97. The molecule has 3 N–H and O–H groups in total. The topological polar surface area (TPSA) is 58.7 Å². The van der Waals surface area contributed by atoms with Crippen LogP contribution in [-0.4, -0.2) is 31.4 Å². The third kappa shape index (κ3) is 3.62. The number of hydrogen-bond donors (Lipinski definition) is 2. The molecule has 0 amide bonds. The molecule has 0 heterocycles. The van der Waals surface area contributed by atoms with E-state index in [-0.39, 0.29) is 11.8 Å². The van der Waals surface area contributed by atoms with Crippen molar-refractivity contribution in [3.8, 4) is 5.75 Å². The van der Waals surface area contributed by atoms with E-state index in [0.29, 0.717) is 12.6 Å². The molecule has 0 bridgehead atoms. The smallest absolute Gasteiger partial charge is 0.122 e. The first kappa shape index (κ1) is 14.8. The number of anilines is 1. The molecular weight excluding hydrogens is 228 g/mol. The molecule has 0 fully saturated rings. The third-order valence-corrected chi connectivity index (χ3v) is 3.00. The highest BCUT2D eigenvalue weighted by atomic mass is 16.5. The second-order valence-electron chi connectivity index (χ2n) is 4.81. The average Bonchev–Trinajstić information content (AvgIpc) is 2.28. The van der Waals surface area contributed by atoms with Gasteiger partial charge in [0.15, 0.2) is 0 Å². The molecule has 0 aromatic heterocycles. The molecule has 1 aromatic rings. The molecule has 1 atom stereocenters. The van der Waals surface area contributed by atoms with E-state index in [1.807, 2.05) is 19.1 Å². The Bertz CT molecular complexity index is 378. The first-order valence-corrected chi connectivity index (χ1v) is 6.31. The molecule has 0 spiro atoms. The Labute approximate surface area is 109 Å². The van der Waals surface area contributed by atoms with E-state index in [4.69, 9.17) is 10.5 Å². The van der Waals surface area contributed by atoms with Gasteiger partial charge in [-0.05, 0) is 26.8 Å². The maximum atomic E-state index is 9.98. The number of ether oxygens (including phenoxy) is 1. The second kappa shape index (κ2) is 6.61. The Hall–Kier alpha value is -1.26. The first-order valence-electron chi connectivity index (χ1n) is 6.31. The predicted molar refractivity (Wildman–Crippen MR) is 75.1 cm³/mol. The molecule has 0 saturated carbocycles. The van der Waals surface area contributed by atoms with Crippen molar-refractivity contribution in [1.82, 2.24) is 0 Å². The highest BCUT2D eigenvalue weighted by molar-refractivity contribution is 5.54. The molecule has 0 radical (unpaired) electrons. The zero-order valence-electron chi connectivity index (χ0n) is 11.7. The Morgan fingerprint density at radius 3 is 2.44 bits per heavy atom. The van der Waals surface area contributed by atoms with E-state index in [0.717, 1.165) is 17.8 Å². The number of rotatable bonds is 6. The molecule has 0 aliphatic rings. The summed E-state index contributed by atoms with van der Waals surface area (Å²) >= 11 is 0. The van der Waals surface area contributed by atoms with Crippen molar-refractivity contribution in [3.05, 3.63) is 23.8 Å². The van der Waals surface area contributed by atoms with E-state index in [9.17, 15) is 5.11 Å². The molecule has 0 saturated heterocycles. The van der Waals surface area contributed by atoms with Gasteiger partial charge in [0.2, 0.25) is 0 Å². The van der Waals surface area contributed by atoms with Crippen LogP contribution in [0.15, 0.2) is 18.2 Å². The normalized spacial score (nSPS) is 12.8. The van der Waals surface area contributed by atoms with Crippen LogP contribution < -0.4 is 10.6 Å². The molecule has 4 nitrogen and oxygen atoms in total. The highest BCUT2D eigenvalue weighted by Gasteiger charge is 2.13.